The highest BCUT2D eigenvalue weighted by molar-refractivity contribution is 6.30. The summed E-state index contributed by atoms with van der Waals surface area (Å²) in [6.07, 6.45) is 3.45. The summed E-state index contributed by atoms with van der Waals surface area (Å²) in [4.78, 5) is 4.18. The Balaban J connectivity index is 2.32. The van der Waals surface area contributed by atoms with Gasteiger partial charge in [-0.3, -0.25) is 0 Å². The van der Waals surface area contributed by atoms with Gasteiger partial charge in [-0.1, -0.05) is 23.7 Å². The van der Waals surface area contributed by atoms with Crippen LogP contribution in [0, 0.1) is 11.3 Å². The maximum Gasteiger partial charge on any atom is 0.176 e. The number of nitriles is 1. The molecule has 0 aliphatic rings. The SMILES string of the molecule is CN/N=c1/c(-c2ccc(C#N)nc2)c(-c2ccc(Cl)cc2)cnn1C. The van der Waals surface area contributed by atoms with Crippen LogP contribution in [0.5, 0.6) is 0 Å². The van der Waals surface area contributed by atoms with E-state index in [2.05, 4.69) is 20.6 Å². The lowest BCUT2D eigenvalue weighted by Crippen LogP contribution is -2.26. The van der Waals surface area contributed by atoms with Crippen LogP contribution < -0.4 is 10.9 Å². The fourth-order valence-electron chi connectivity index (χ4n) is 2.52. The molecule has 1 N–H and O–H groups in total. The Morgan fingerprint density at radius 2 is 1.84 bits per heavy atom. The monoisotopic (exact) mass is 350 g/mol. The van der Waals surface area contributed by atoms with Crippen LogP contribution in [0.3, 0.4) is 0 Å². The van der Waals surface area contributed by atoms with Crippen LogP contribution in [0.15, 0.2) is 53.9 Å². The lowest BCUT2D eigenvalue weighted by Gasteiger charge is -2.13. The van der Waals surface area contributed by atoms with Crippen LogP contribution in [-0.4, -0.2) is 21.8 Å². The summed E-state index contributed by atoms with van der Waals surface area (Å²) < 4.78 is 1.68. The Labute approximate surface area is 150 Å². The number of halogens is 1. The molecule has 2 aromatic heterocycles. The van der Waals surface area contributed by atoms with Crippen molar-refractivity contribution in [3.8, 4) is 28.3 Å². The van der Waals surface area contributed by atoms with Crippen LogP contribution in [-0.2, 0) is 7.05 Å². The van der Waals surface area contributed by atoms with Crippen LogP contribution in [0.4, 0.5) is 0 Å². The number of hydrogen-bond acceptors (Lipinski definition) is 5. The first-order valence-electron chi connectivity index (χ1n) is 7.53. The van der Waals surface area contributed by atoms with Crippen molar-refractivity contribution in [3.63, 3.8) is 0 Å². The average molecular weight is 351 g/mol. The summed E-state index contributed by atoms with van der Waals surface area (Å²) in [5.74, 6) is 0. The zero-order valence-corrected chi connectivity index (χ0v) is 14.5. The van der Waals surface area contributed by atoms with E-state index in [-0.39, 0.29) is 0 Å². The molecule has 0 atom stereocenters. The standard InChI is InChI=1S/C18H15ClN6/c1-21-24-18-17(13-5-8-15(9-20)22-10-13)16(11-23-25(18)2)12-3-6-14(19)7-4-12/h3-8,10-11,21H,1-2H3/b24-18-. The second-order valence-corrected chi connectivity index (χ2v) is 5.70. The summed E-state index contributed by atoms with van der Waals surface area (Å²) in [7, 11) is 3.55. The van der Waals surface area contributed by atoms with Gasteiger partial charge in [0.1, 0.15) is 11.8 Å². The molecule has 25 heavy (non-hydrogen) atoms. The molecule has 0 amide bonds. The molecule has 0 saturated carbocycles. The highest BCUT2D eigenvalue weighted by atomic mass is 35.5. The normalized spacial score (nSPS) is 11.2. The number of aromatic nitrogens is 3. The largest absolute Gasteiger partial charge is 0.311 e. The molecule has 0 saturated heterocycles. The van der Waals surface area contributed by atoms with Crippen molar-refractivity contribution in [3.05, 3.63) is 65.0 Å². The first-order chi connectivity index (χ1) is 12.1. The van der Waals surface area contributed by atoms with E-state index in [1.54, 1.807) is 30.2 Å². The molecule has 0 aliphatic carbocycles. The first-order valence-corrected chi connectivity index (χ1v) is 7.91. The fraction of sp³-hybridized carbons (Fsp3) is 0.111. The molecule has 0 aliphatic heterocycles. The summed E-state index contributed by atoms with van der Waals surface area (Å²) in [6, 6.07) is 13.1. The number of nitrogens with zero attached hydrogens (tertiary/aromatic N) is 5. The third-order valence-corrected chi connectivity index (χ3v) is 3.95. The van der Waals surface area contributed by atoms with E-state index in [4.69, 9.17) is 16.9 Å². The Kier molecular flexibility index (Phi) is 4.78. The van der Waals surface area contributed by atoms with Crippen molar-refractivity contribution in [1.82, 2.24) is 20.2 Å². The Morgan fingerprint density at radius 3 is 2.44 bits per heavy atom. The van der Waals surface area contributed by atoms with Crippen LogP contribution >= 0.6 is 11.6 Å². The minimum Gasteiger partial charge on any atom is -0.311 e. The zero-order chi connectivity index (χ0) is 17.8. The van der Waals surface area contributed by atoms with Gasteiger partial charge in [-0.15, -0.1) is 0 Å². The van der Waals surface area contributed by atoms with Gasteiger partial charge in [-0.25, -0.2) is 9.67 Å². The Morgan fingerprint density at radius 1 is 1.12 bits per heavy atom. The van der Waals surface area contributed by atoms with Crippen LogP contribution in [0.25, 0.3) is 22.3 Å². The smallest absolute Gasteiger partial charge is 0.176 e. The molecule has 0 unspecified atom stereocenters. The molecule has 2 heterocycles. The Hall–Kier alpha value is -3.17. The molecule has 3 aromatic rings. The number of rotatable bonds is 3. The molecule has 0 fully saturated rings. The lowest BCUT2D eigenvalue weighted by atomic mass is 9.98. The summed E-state index contributed by atoms with van der Waals surface area (Å²) in [5, 5.41) is 18.4. The highest BCUT2D eigenvalue weighted by Gasteiger charge is 2.13. The zero-order valence-electron chi connectivity index (χ0n) is 13.7. The van der Waals surface area contributed by atoms with Crippen molar-refractivity contribution in [2.75, 3.05) is 7.05 Å². The average Bonchev–Trinajstić information content (AvgIpc) is 2.64. The Bertz CT molecular complexity index is 998. The maximum atomic E-state index is 8.97. The van der Waals surface area contributed by atoms with Gasteiger partial charge >= 0.3 is 0 Å². The van der Waals surface area contributed by atoms with Gasteiger partial charge in [0, 0.05) is 42.0 Å². The number of hydrogen-bond donors (Lipinski definition) is 1. The number of aryl methyl sites for hydroxylation is 1. The predicted molar refractivity (Wildman–Crippen MR) is 96.2 cm³/mol. The number of benzene rings is 1. The van der Waals surface area contributed by atoms with Crippen molar-refractivity contribution < 1.29 is 0 Å². The van der Waals surface area contributed by atoms with E-state index in [0.717, 1.165) is 22.3 Å². The first kappa shape index (κ1) is 16.7. The number of pyridine rings is 1. The van der Waals surface area contributed by atoms with Gasteiger partial charge in [-0.2, -0.15) is 15.5 Å². The highest BCUT2D eigenvalue weighted by Crippen LogP contribution is 2.29. The van der Waals surface area contributed by atoms with E-state index >= 15 is 0 Å². The minimum atomic E-state index is 0.363. The topological polar surface area (TPSA) is 78.9 Å². The van der Waals surface area contributed by atoms with Crippen molar-refractivity contribution in [2.45, 2.75) is 0 Å². The molecular formula is C18H15ClN6. The predicted octanol–water partition coefficient (Wildman–Crippen LogP) is 2.71. The van der Waals surface area contributed by atoms with Gasteiger partial charge in [-0.05, 0) is 29.8 Å². The second kappa shape index (κ2) is 7.16. The van der Waals surface area contributed by atoms with E-state index < -0.39 is 0 Å². The van der Waals surface area contributed by atoms with Gasteiger partial charge in [0.25, 0.3) is 0 Å². The fourth-order valence-corrected chi connectivity index (χ4v) is 2.65. The van der Waals surface area contributed by atoms with E-state index in [9.17, 15) is 0 Å². The quantitative estimate of drug-likeness (QED) is 0.736. The van der Waals surface area contributed by atoms with E-state index in [1.807, 2.05) is 43.4 Å². The molecule has 6 nitrogen and oxygen atoms in total. The molecule has 3 rings (SSSR count). The van der Waals surface area contributed by atoms with Crippen molar-refractivity contribution in [2.24, 2.45) is 12.1 Å². The van der Waals surface area contributed by atoms with E-state index in [1.165, 1.54) is 0 Å². The summed E-state index contributed by atoms with van der Waals surface area (Å²) in [6.45, 7) is 0. The molecule has 1 aromatic carbocycles. The summed E-state index contributed by atoms with van der Waals surface area (Å²) in [5.41, 5.74) is 7.40. The van der Waals surface area contributed by atoms with Gasteiger partial charge < -0.3 is 5.43 Å². The molecule has 7 heteroatoms. The molecule has 0 radical (unpaired) electrons. The minimum absolute atomic E-state index is 0.363. The maximum absolute atomic E-state index is 8.97. The third-order valence-electron chi connectivity index (χ3n) is 3.70. The third kappa shape index (κ3) is 3.37. The van der Waals surface area contributed by atoms with Gasteiger partial charge in [0.2, 0.25) is 0 Å². The van der Waals surface area contributed by atoms with Gasteiger partial charge in [0.05, 0.1) is 6.20 Å². The van der Waals surface area contributed by atoms with Crippen molar-refractivity contribution in [1.29, 1.82) is 5.26 Å². The second-order valence-electron chi connectivity index (χ2n) is 5.27. The van der Waals surface area contributed by atoms with E-state index in [0.29, 0.717) is 16.2 Å². The molecule has 0 bridgehead atoms. The molecular weight excluding hydrogens is 336 g/mol. The van der Waals surface area contributed by atoms with Crippen LogP contribution in [0.2, 0.25) is 5.02 Å². The van der Waals surface area contributed by atoms with Crippen LogP contribution in [0.1, 0.15) is 5.69 Å². The van der Waals surface area contributed by atoms with Gasteiger partial charge in [0.15, 0.2) is 5.49 Å². The van der Waals surface area contributed by atoms with Crippen molar-refractivity contribution >= 4 is 11.6 Å². The molecule has 124 valence electrons. The molecule has 0 spiro atoms. The summed E-state index contributed by atoms with van der Waals surface area (Å²) >= 11 is 6.01. The number of nitrogens with one attached hydrogen (secondary N) is 1. The lowest BCUT2D eigenvalue weighted by molar-refractivity contribution is 0.666.